The molecule has 0 radical (unpaired) electrons. The van der Waals surface area contributed by atoms with Crippen LogP contribution in [0.1, 0.15) is 12.5 Å². The highest BCUT2D eigenvalue weighted by Crippen LogP contribution is 2.19. The van der Waals surface area contributed by atoms with Gasteiger partial charge in [-0.3, -0.25) is 4.79 Å². The summed E-state index contributed by atoms with van der Waals surface area (Å²) in [6.07, 6.45) is 0. The Morgan fingerprint density at radius 1 is 1.12 bits per heavy atom. The Balaban J connectivity index is 1.91. The van der Waals surface area contributed by atoms with Crippen molar-refractivity contribution in [2.75, 3.05) is 13.2 Å². The van der Waals surface area contributed by atoms with Crippen molar-refractivity contribution in [2.24, 2.45) is 0 Å². The van der Waals surface area contributed by atoms with Gasteiger partial charge >= 0.3 is 0 Å². The molecule has 5 heteroatoms. The molecule has 2 aromatic carbocycles. The Morgan fingerprint density at radius 3 is 2.68 bits per heavy atom. The molecule has 4 nitrogen and oxygen atoms in total. The van der Waals surface area contributed by atoms with E-state index in [1.807, 2.05) is 61.5 Å². The standard InChI is InChI=1S/C20H21ClN2O2/c1-2-22-14-16-12-15-8-9-17(21)13-19(15)23(20(16)24)10-11-25-18-6-4-3-5-7-18/h3-9,12-13,22H,2,10-11,14H2,1H3. The van der Waals surface area contributed by atoms with Gasteiger partial charge in [0.25, 0.3) is 5.56 Å². The lowest BCUT2D eigenvalue weighted by Gasteiger charge is -2.14. The summed E-state index contributed by atoms with van der Waals surface area (Å²) in [4.78, 5) is 12.9. The first-order valence-electron chi connectivity index (χ1n) is 8.39. The highest BCUT2D eigenvalue weighted by atomic mass is 35.5. The molecular formula is C20H21ClN2O2. The van der Waals surface area contributed by atoms with E-state index in [9.17, 15) is 4.79 Å². The lowest BCUT2D eigenvalue weighted by atomic mass is 10.1. The van der Waals surface area contributed by atoms with Crippen LogP contribution in [0.4, 0.5) is 0 Å². The molecule has 25 heavy (non-hydrogen) atoms. The molecule has 0 bridgehead atoms. The molecule has 0 aliphatic carbocycles. The molecule has 3 aromatic rings. The number of benzene rings is 2. The van der Waals surface area contributed by atoms with Gasteiger partial charge in [-0.1, -0.05) is 42.8 Å². The van der Waals surface area contributed by atoms with E-state index in [1.165, 1.54) is 0 Å². The molecule has 130 valence electrons. The average molecular weight is 357 g/mol. The Kier molecular flexibility index (Phi) is 5.74. The molecule has 0 spiro atoms. The zero-order valence-electron chi connectivity index (χ0n) is 14.2. The predicted octanol–water partition coefficient (Wildman–Crippen LogP) is 3.84. The SMILES string of the molecule is CCNCc1cc2ccc(Cl)cc2n(CCOc2ccccc2)c1=O. The average Bonchev–Trinajstić information content (AvgIpc) is 2.63. The summed E-state index contributed by atoms with van der Waals surface area (Å²) < 4.78 is 7.50. The van der Waals surface area contributed by atoms with Gasteiger partial charge in [0.15, 0.2) is 0 Å². The van der Waals surface area contributed by atoms with Gasteiger partial charge in [-0.25, -0.2) is 0 Å². The number of rotatable bonds is 7. The smallest absolute Gasteiger partial charge is 0.255 e. The van der Waals surface area contributed by atoms with Gasteiger partial charge in [-0.15, -0.1) is 0 Å². The molecule has 1 N–H and O–H groups in total. The van der Waals surface area contributed by atoms with Crippen LogP contribution in [0.3, 0.4) is 0 Å². The van der Waals surface area contributed by atoms with Crippen molar-refractivity contribution < 1.29 is 4.74 Å². The normalized spacial score (nSPS) is 11.0. The maximum Gasteiger partial charge on any atom is 0.255 e. The summed E-state index contributed by atoms with van der Waals surface area (Å²) in [5.41, 5.74) is 1.57. The molecule has 0 unspecified atom stereocenters. The maximum atomic E-state index is 12.9. The molecule has 1 heterocycles. The lowest BCUT2D eigenvalue weighted by molar-refractivity contribution is 0.298. The van der Waals surface area contributed by atoms with Gasteiger partial charge in [0, 0.05) is 17.1 Å². The number of aromatic nitrogens is 1. The zero-order valence-corrected chi connectivity index (χ0v) is 14.9. The highest BCUT2D eigenvalue weighted by molar-refractivity contribution is 6.31. The molecule has 3 rings (SSSR count). The highest BCUT2D eigenvalue weighted by Gasteiger charge is 2.10. The summed E-state index contributed by atoms with van der Waals surface area (Å²) >= 11 is 6.14. The van der Waals surface area contributed by atoms with Crippen molar-refractivity contribution >= 4 is 22.5 Å². The van der Waals surface area contributed by atoms with E-state index in [1.54, 1.807) is 4.57 Å². The third-order valence-electron chi connectivity index (χ3n) is 4.03. The van der Waals surface area contributed by atoms with E-state index >= 15 is 0 Å². The molecule has 1 aromatic heterocycles. The van der Waals surface area contributed by atoms with Crippen LogP contribution in [0, 0.1) is 0 Å². The number of hydrogen-bond donors (Lipinski definition) is 1. The van der Waals surface area contributed by atoms with Crippen molar-refractivity contribution in [3.05, 3.63) is 75.5 Å². The van der Waals surface area contributed by atoms with Gasteiger partial charge in [0.1, 0.15) is 12.4 Å². The van der Waals surface area contributed by atoms with E-state index in [2.05, 4.69) is 5.32 Å². The van der Waals surface area contributed by atoms with Crippen molar-refractivity contribution in [2.45, 2.75) is 20.0 Å². The van der Waals surface area contributed by atoms with Crippen molar-refractivity contribution in [3.63, 3.8) is 0 Å². The number of halogens is 1. The number of ether oxygens (including phenoxy) is 1. The topological polar surface area (TPSA) is 43.3 Å². The minimum atomic E-state index is -0.00706. The van der Waals surface area contributed by atoms with E-state index in [0.717, 1.165) is 28.8 Å². The first-order chi connectivity index (χ1) is 12.2. The third kappa shape index (κ3) is 4.21. The number of pyridine rings is 1. The van der Waals surface area contributed by atoms with Crippen LogP contribution in [0.2, 0.25) is 5.02 Å². The minimum absolute atomic E-state index is 0.00706. The van der Waals surface area contributed by atoms with E-state index in [0.29, 0.717) is 24.7 Å². The molecule has 0 fully saturated rings. The summed E-state index contributed by atoms with van der Waals surface area (Å²) in [5, 5.41) is 4.83. The zero-order chi connectivity index (χ0) is 17.6. The molecular weight excluding hydrogens is 336 g/mol. The maximum absolute atomic E-state index is 12.9. The summed E-state index contributed by atoms with van der Waals surface area (Å²) in [7, 11) is 0. The minimum Gasteiger partial charge on any atom is -0.492 e. The Morgan fingerprint density at radius 2 is 1.92 bits per heavy atom. The Labute approximate surface area is 152 Å². The van der Waals surface area contributed by atoms with Crippen LogP contribution < -0.4 is 15.6 Å². The Hall–Kier alpha value is -2.30. The molecule has 0 atom stereocenters. The predicted molar refractivity (Wildman–Crippen MR) is 103 cm³/mol. The van der Waals surface area contributed by atoms with Crippen LogP contribution in [0.15, 0.2) is 59.4 Å². The number of nitrogens with one attached hydrogen (secondary N) is 1. The second kappa shape index (κ2) is 8.19. The monoisotopic (exact) mass is 356 g/mol. The van der Waals surface area contributed by atoms with Crippen molar-refractivity contribution in [1.82, 2.24) is 9.88 Å². The molecule has 0 amide bonds. The lowest BCUT2D eigenvalue weighted by Crippen LogP contribution is -2.29. The molecule has 0 saturated heterocycles. The van der Waals surface area contributed by atoms with Crippen molar-refractivity contribution in [1.29, 1.82) is 0 Å². The van der Waals surface area contributed by atoms with Crippen LogP contribution >= 0.6 is 11.6 Å². The van der Waals surface area contributed by atoms with Gasteiger partial charge in [-0.05, 0) is 42.3 Å². The Bertz CT molecular complexity index is 907. The van der Waals surface area contributed by atoms with Crippen LogP contribution in [0.5, 0.6) is 5.75 Å². The van der Waals surface area contributed by atoms with E-state index in [-0.39, 0.29) is 5.56 Å². The summed E-state index contributed by atoms with van der Waals surface area (Å²) in [5.74, 6) is 0.793. The van der Waals surface area contributed by atoms with Crippen molar-refractivity contribution in [3.8, 4) is 5.75 Å². The number of hydrogen-bond acceptors (Lipinski definition) is 3. The second-order valence-corrected chi connectivity index (χ2v) is 6.21. The number of para-hydroxylation sites is 1. The fraction of sp³-hybridized carbons (Fsp3) is 0.250. The number of fused-ring (bicyclic) bond motifs is 1. The quantitative estimate of drug-likeness (QED) is 0.699. The van der Waals surface area contributed by atoms with Crippen LogP contribution in [-0.4, -0.2) is 17.7 Å². The third-order valence-corrected chi connectivity index (χ3v) is 4.26. The van der Waals surface area contributed by atoms with Crippen LogP contribution in [-0.2, 0) is 13.1 Å². The fourth-order valence-electron chi connectivity index (χ4n) is 2.78. The second-order valence-electron chi connectivity index (χ2n) is 5.77. The fourth-order valence-corrected chi connectivity index (χ4v) is 2.95. The first-order valence-corrected chi connectivity index (χ1v) is 8.77. The first kappa shape index (κ1) is 17.5. The molecule has 0 aliphatic rings. The van der Waals surface area contributed by atoms with Gasteiger partial charge in [0.2, 0.25) is 0 Å². The summed E-state index contributed by atoms with van der Waals surface area (Å²) in [6.45, 7) is 4.26. The summed E-state index contributed by atoms with van der Waals surface area (Å²) in [6, 6.07) is 17.2. The van der Waals surface area contributed by atoms with Gasteiger partial charge in [0.05, 0.1) is 12.1 Å². The number of nitrogens with zero attached hydrogens (tertiary/aromatic N) is 1. The van der Waals surface area contributed by atoms with Gasteiger partial charge in [-0.2, -0.15) is 0 Å². The molecule has 0 aliphatic heterocycles. The largest absolute Gasteiger partial charge is 0.492 e. The van der Waals surface area contributed by atoms with Crippen LogP contribution in [0.25, 0.3) is 10.9 Å². The van der Waals surface area contributed by atoms with E-state index < -0.39 is 0 Å². The van der Waals surface area contributed by atoms with Gasteiger partial charge < -0.3 is 14.6 Å². The van der Waals surface area contributed by atoms with E-state index in [4.69, 9.17) is 16.3 Å². The molecule has 0 saturated carbocycles.